The fourth-order valence-electron chi connectivity index (χ4n) is 1.61. The number of alkyl halides is 1. The first kappa shape index (κ1) is 9.81. The van der Waals surface area contributed by atoms with Crippen LogP contribution < -0.4 is 0 Å². The highest BCUT2D eigenvalue weighted by Crippen LogP contribution is 2.17. The number of halogens is 1. The van der Waals surface area contributed by atoms with Gasteiger partial charge in [-0.05, 0) is 19.4 Å². The summed E-state index contributed by atoms with van der Waals surface area (Å²) >= 11 is 5.60. The van der Waals surface area contributed by atoms with E-state index in [2.05, 4.69) is 9.64 Å². The Kier molecular flexibility index (Phi) is 3.82. The molecule has 1 aliphatic rings. The van der Waals surface area contributed by atoms with Crippen LogP contribution in [0.1, 0.15) is 12.8 Å². The highest BCUT2D eigenvalue weighted by Gasteiger charge is 2.30. The second-order valence-electron chi connectivity index (χ2n) is 2.91. The van der Waals surface area contributed by atoms with Crippen LogP contribution in [-0.4, -0.2) is 43.0 Å². The minimum Gasteiger partial charge on any atom is -0.468 e. The topological polar surface area (TPSA) is 29.5 Å². The Morgan fingerprint density at radius 1 is 1.75 bits per heavy atom. The maximum Gasteiger partial charge on any atom is 0.323 e. The summed E-state index contributed by atoms with van der Waals surface area (Å²) in [6.45, 7) is 1.74. The fraction of sp³-hybridized carbons (Fsp3) is 0.875. The largest absolute Gasteiger partial charge is 0.468 e. The van der Waals surface area contributed by atoms with Crippen LogP contribution in [0.3, 0.4) is 0 Å². The van der Waals surface area contributed by atoms with Crippen molar-refractivity contribution in [1.29, 1.82) is 0 Å². The molecule has 70 valence electrons. The number of hydrogen-bond acceptors (Lipinski definition) is 3. The molecule has 1 rings (SSSR count). The standard InChI is InChI=1S/C8H14ClNO2/c1-12-8(11)7-3-2-5-10(7)6-4-9/h7H,2-6H2,1H3. The van der Waals surface area contributed by atoms with E-state index in [-0.39, 0.29) is 12.0 Å². The van der Waals surface area contributed by atoms with Gasteiger partial charge in [0.05, 0.1) is 7.11 Å². The molecule has 4 heteroatoms. The van der Waals surface area contributed by atoms with Crippen LogP contribution in [0, 0.1) is 0 Å². The van der Waals surface area contributed by atoms with Crippen LogP contribution in [0.2, 0.25) is 0 Å². The van der Waals surface area contributed by atoms with Crippen molar-refractivity contribution < 1.29 is 9.53 Å². The fourth-order valence-corrected chi connectivity index (χ4v) is 1.82. The van der Waals surface area contributed by atoms with Gasteiger partial charge in [-0.2, -0.15) is 0 Å². The number of likely N-dealkylation sites (tertiary alicyclic amines) is 1. The van der Waals surface area contributed by atoms with Crippen LogP contribution in [0.4, 0.5) is 0 Å². The number of methoxy groups -OCH3 is 1. The van der Waals surface area contributed by atoms with E-state index in [9.17, 15) is 4.79 Å². The summed E-state index contributed by atoms with van der Waals surface area (Å²) in [7, 11) is 1.43. The maximum atomic E-state index is 11.2. The van der Waals surface area contributed by atoms with Gasteiger partial charge in [0.15, 0.2) is 0 Å². The summed E-state index contributed by atoms with van der Waals surface area (Å²) in [4.78, 5) is 13.3. The van der Waals surface area contributed by atoms with E-state index in [0.29, 0.717) is 5.88 Å². The van der Waals surface area contributed by atoms with Gasteiger partial charge < -0.3 is 4.74 Å². The summed E-state index contributed by atoms with van der Waals surface area (Å²) in [6.07, 6.45) is 1.97. The van der Waals surface area contributed by atoms with Crippen LogP contribution >= 0.6 is 11.6 Å². The zero-order valence-electron chi connectivity index (χ0n) is 7.25. The number of rotatable bonds is 3. The van der Waals surface area contributed by atoms with Crippen LogP contribution in [0.25, 0.3) is 0 Å². The second kappa shape index (κ2) is 4.67. The zero-order valence-corrected chi connectivity index (χ0v) is 8.01. The summed E-state index contributed by atoms with van der Waals surface area (Å²) in [5, 5.41) is 0. The molecule has 3 nitrogen and oxygen atoms in total. The molecule has 1 saturated heterocycles. The second-order valence-corrected chi connectivity index (χ2v) is 3.28. The lowest BCUT2D eigenvalue weighted by atomic mass is 10.2. The van der Waals surface area contributed by atoms with E-state index >= 15 is 0 Å². The minimum atomic E-state index is -0.127. The van der Waals surface area contributed by atoms with Gasteiger partial charge in [0.25, 0.3) is 0 Å². The van der Waals surface area contributed by atoms with E-state index in [1.165, 1.54) is 7.11 Å². The van der Waals surface area contributed by atoms with Gasteiger partial charge in [-0.3, -0.25) is 9.69 Å². The van der Waals surface area contributed by atoms with Crippen molar-refractivity contribution >= 4 is 17.6 Å². The Balaban J connectivity index is 2.45. The third-order valence-corrected chi connectivity index (χ3v) is 2.38. The molecule has 1 fully saturated rings. The van der Waals surface area contributed by atoms with Crippen LogP contribution in [0.15, 0.2) is 0 Å². The molecule has 1 heterocycles. The van der Waals surface area contributed by atoms with E-state index in [1.54, 1.807) is 0 Å². The molecule has 0 aromatic carbocycles. The first-order chi connectivity index (χ1) is 5.79. The summed E-state index contributed by atoms with van der Waals surface area (Å²) in [6, 6.07) is -0.0475. The smallest absolute Gasteiger partial charge is 0.323 e. The van der Waals surface area contributed by atoms with Gasteiger partial charge in [0.2, 0.25) is 0 Å². The van der Waals surface area contributed by atoms with Gasteiger partial charge in [-0.25, -0.2) is 0 Å². The number of carbonyl (C=O) groups excluding carboxylic acids is 1. The van der Waals surface area contributed by atoms with Crippen molar-refractivity contribution in [1.82, 2.24) is 4.90 Å². The lowest BCUT2D eigenvalue weighted by Crippen LogP contribution is -2.37. The molecule has 0 aliphatic carbocycles. The monoisotopic (exact) mass is 191 g/mol. The van der Waals surface area contributed by atoms with Gasteiger partial charge in [0.1, 0.15) is 6.04 Å². The number of ether oxygens (including phenoxy) is 1. The van der Waals surface area contributed by atoms with Gasteiger partial charge >= 0.3 is 5.97 Å². The van der Waals surface area contributed by atoms with Gasteiger partial charge in [-0.1, -0.05) is 0 Å². The predicted octanol–water partition coefficient (Wildman–Crippen LogP) is 0.863. The van der Waals surface area contributed by atoms with Crippen molar-refractivity contribution in [3.05, 3.63) is 0 Å². The minimum absolute atomic E-state index is 0.0475. The molecule has 1 atom stereocenters. The van der Waals surface area contributed by atoms with Crippen molar-refractivity contribution in [3.63, 3.8) is 0 Å². The molecule has 0 amide bonds. The number of esters is 1. The molecule has 0 radical (unpaired) electrons. The van der Waals surface area contributed by atoms with E-state index in [0.717, 1.165) is 25.9 Å². The maximum absolute atomic E-state index is 11.2. The SMILES string of the molecule is COC(=O)C1CCCN1CCCl. The van der Waals surface area contributed by atoms with E-state index in [1.807, 2.05) is 0 Å². The Labute approximate surface area is 77.6 Å². The Morgan fingerprint density at radius 2 is 2.50 bits per heavy atom. The number of hydrogen-bond donors (Lipinski definition) is 0. The summed E-state index contributed by atoms with van der Waals surface area (Å²) in [5.74, 6) is 0.450. The Bertz CT molecular complexity index is 163. The molecular formula is C8H14ClNO2. The van der Waals surface area contributed by atoms with Crippen molar-refractivity contribution in [2.75, 3.05) is 26.1 Å². The van der Waals surface area contributed by atoms with Crippen molar-refractivity contribution in [2.45, 2.75) is 18.9 Å². The van der Waals surface area contributed by atoms with E-state index < -0.39 is 0 Å². The third kappa shape index (κ3) is 2.11. The molecule has 1 aliphatic heterocycles. The van der Waals surface area contributed by atoms with E-state index in [4.69, 9.17) is 11.6 Å². The Morgan fingerprint density at radius 3 is 3.08 bits per heavy atom. The molecule has 0 N–H and O–H groups in total. The number of nitrogens with zero attached hydrogens (tertiary/aromatic N) is 1. The average Bonchev–Trinajstić information content (AvgIpc) is 2.52. The molecule has 0 spiro atoms. The van der Waals surface area contributed by atoms with Crippen molar-refractivity contribution in [2.24, 2.45) is 0 Å². The lowest BCUT2D eigenvalue weighted by molar-refractivity contribution is -0.145. The first-order valence-electron chi connectivity index (χ1n) is 4.17. The number of carbonyl (C=O) groups is 1. The summed E-state index contributed by atoms with van der Waals surface area (Å²) in [5.41, 5.74) is 0. The molecule has 0 saturated carbocycles. The van der Waals surface area contributed by atoms with Gasteiger partial charge in [-0.15, -0.1) is 11.6 Å². The molecular weight excluding hydrogens is 178 g/mol. The third-order valence-electron chi connectivity index (χ3n) is 2.21. The van der Waals surface area contributed by atoms with Crippen LogP contribution in [-0.2, 0) is 9.53 Å². The highest BCUT2D eigenvalue weighted by molar-refractivity contribution is 6.18. The zero-order chi connectivity index (χ0) is 8.97. The van der Waals surface area contributed by atoms with Crippen LogP contribution in [0.5, 0.6) is 0 Å². The molecule has 0 aromatic rings. The average molecular weight is 192 g/mol. The molecule has 0 aromatic heterocycles. The predicted molar refractivity (Wildman–Crippen MR) is 47.3 cm³/mol. The lowest BCUT2D eigenvalue weighted by Gasteiger charge is -2.20. The molecule has 0 bridgehead atoms. The highest BCUT2D eigenvalue weighted by atomic mass is 35.5. The molecule has 12 heavy (non-hydrogen) atoms. The first-order valence-corrected chi connectivity index (χ1v) is 4.71. The summed E-state index contributed by atoms with van der Waals surface area (Å²) < 4.78 is 4.69. The van der Waals surface area contributed by atoms with Gasteiger partial charge in [0, 0.05) is 12.4 Å². The molecule has 1 unspecified atom stereocenters. The normalized spacial score (nSPS) is 24.3. The Hall–Kier alpha value is -0.280. The quantitative estimate of drug-likeness (QED) is 0.490. The van der Waals surface area contributed by atoms with Crippen molar-refractivity contribution in [3.8, 4) is 0 Å².